The number of guanidine groups is 1. The molecule has 0 radical (unpaired) electrons. The number of aliphatic imine (C=N–C) groups is 1. The van der Waals surface area contributed by atoms with Crippen molar-refractivity contribution in [2.45, 2.75) is 45.6 Å². The zero-order valence-corrected chi connectivity index (χ0v) is 21.0. The first kappa shape index (κ1) is 27.2. The fourth-order valence-electron chi connectivity index (χ4n) is 3.48. The third-order valence-corrected chi connectivity index (χ3v) is 5.06. The monoisotopic (exact) mass is 577 g/mol. The molecule has 0 bridgehead atoms. The lowest BCUT2D eigenvalue weighted by Crippen LogP contribution is -2.37. The number of rotatable bonds is 9. The van der Waals surface area contributed by atoms with Crippen LogP contribution in [0.1, 0.15) is 36.5 Å². The smallest absolute Gasteiger partial charge is 0.422 e. The summed E-state index contributed by atoms with van der Waals surface area (Å²) in [5, 5.41) is 6.28. The molecule has 0 amide bonds. The number of ether oxygens (including phenoxy) is 1. The number of nitrogens with zero attached hydrogens (tertiary/aromatic N) is 3. The van der Waals surface area contributed by atoms with Gasteiger partial charge in [0.2, 0.25) is 5.88 Å². The summed E-state index contributed by atoms with van der Waals surface area (Å²) in [5.74, 6) is 0.529. The second-order valence-electron chi connectivity index (χ2n) is 7.72. The van der Waals surface area contributed by atoms with Crippen LogP contribution in [-0.2, 0) is 19.6 Å². The van der Waals surface area contributed by atoms with E-state index in [4.69, 9.17) is 4.74 Å². The predicted octanol–water partition coefficient (Wildman–Crippen LogP) is 4.49. The Kier molecular flexibility index (Phi) is 11.2. The Morgan fingerprint density at radius 3 is 2.45 bits per heavy atom. The molecule has 1 aliphatic heterocycles. The molecule has 2 heterocycles. The molecule has 0 atom stereocenters. The lowest BCUT2D eigenvalue weighted by Gasteiger charge is -2.15. The zero-order valence-electron chi connectivity index (χ0n) is 18.7. The van der Waals surface area contributed by atoms with Crippen molar-refractivity contribution in [1.29, 1.82) is 0 Å². The maximum atomic E-state index is 12.5. The molecule has 1 fully saturated rings. The molecule has 6 nitrogen and oxygen atoms in total. The van der Waals surface area contributed by atoms with E-state index in [2.05, 4.69) is 49.8 Å². The normalized spacial score (nSPS) is 14.6. The second kappa shape index (κ2) is 13.6. The van der Waals surface area contributed by atoms with Crippen LogP contribution in [0, 0.1) is 0 Å². The van der Waals surface area contributed by atoms with E-state index in [1.165, 1.54) is 37.7 Å². The van der Waals surface area contributed by atoms with Crippen LogP contribution in [-0.4, -0.2) is 48.3 Å². The molecule has 1 aliphatic rings. The van der Waals surface area contributed by atoms with Crippen LogP contribution in [0.2, 0.25) is 0 Å². The number of aromatic nitrogens is 1. The number of alkyl halides is 3. The Balaban J connectivity index is 0.00000385. The maximum Gasteiger partial charge on any atom is 0.422 e. The molecule has 33 heavy (non-hydrogen) atoms. The van der Waals surface area contributed by atoms with E-state index in [1.54, 1.807) is 12.1 Å². The molecule has 0 unspecified atom stereocenters. The van der Waals surface area contributed by atoms with Gasteiger partial charge in [-0.15, -0.1) is 24.0 Å². The third kappa shape index (κ3) is 9.75. The first-order valence-electron chi connectivity index (χ1n) is 10.9. The minimum atomic E-state index is -4.41. The molecule has 10 heteroatoms. The zero-order chi connectivity index (χ0) is 22.8. The Hall–Kier alpha value is -2.08. The SMILES string of the molecule is CCNC(=NCc1ccc(CN2CCCC2)cc1)NCc1cccnc1OCC(F)(F)F.I. The van der Waals surface area contributed by atoms with E-state index >= 15 is 0 Å². The van der Waals surface area contributed by atoms with Crippen molar-refractivity contribution >= 4 is 29.9 Å². The number of hydrogen-bond acceptors (Lipinski definition) is 4. The number of nitrogens with one attached hydrogen (secondary N) is 2. The maximum absolute atomic E-state index is 12.5. The molecule has 0 spiro atoms. The van der Waals surface area contributed by atoms with Gasteiger partial charge < -0.3 is 15.4 Å². The number of halogens is 4. The molecule has 1 saturated heterocycles. The van der Waals surface area contributed by atoms with Crippen molar-refractivity contribution in [2.75, 3.05) is 26.2 Å². The van der Waals surface area contributed by atoms with E-state index < -0.39 is 12.8 Å². The van der Waals surface area contributed by atoms with Crippen LogP contribution in [0.5, 0.6) is 5.88 Å². The van der Waals surface area contributed by atoms with Gasteiger partial charge in [0.05, 0.1) is 6.54 Å². The van der Waals surface area contributed by atoms with Crippen LogP contribution >= 0.6 is 24.0 Å². The van der Waals surface area contributed by atoms with Gasteiger partial charge in [0.1, 0.15) is 0 Å². The number of likely N-dealkylation sites (tertiary alicyclic amines) is 1. The van der Waals surface area contributed by atoms with Crippen LogP contribution in [0.25, 0.3) is 0 Å². The molecule has 182 valence electrons. The molecule has 3 rings (SSSR count). The highest BCUT2D eigenvalue weighted by molar-refractivity contribution is 14.0. The van der Waals surface area contributed by atoms with Crippen LogP contribution < -0.4 is 15.4 Å². The van der Waals surface area contributed by atoms with Gasteiger partial charge in [-0.25, -0.2) is 9.98 Å². The van der Waals surface area contributed by atoms with Crippen molar-refractivity contribution in [3.8, 4) is 5.88 Å². The fraction of sp³-hybridized carbons (Fsp3) is 0.478. The van der Waals surface area contributed by atoms with Crippen molar-refractivity contribution < 1.29 is 17.9 Å². The summed E-state index contributed by atoms with van der Waals surface area (Å²) >= 11 is 0. The highest BCUT2D eigenvalue weighted by atomic mass is 127. The average Bonchev–Trinajstić information content (AvgIpc) is 3.28. The third-order valence-electron chi connectivity index (χ3n) is 5.06. The highest BCUT2D eigenvalue weighted by Gasteiger charge is 2.29. The minimum absolute atomic E-state index is 0. The Morgan fingerprint density at radius 1 is 1.09 bits per heavy atom. The quantitative estimate of drug-likeness (QED) is 0.262. The number of benzene rings is 1. The number of pyridine rings is 1. The van der Waals surface area contributed by atoms with Gasteiger partial charge in [-0.05, 0) is 50.0 Å². The van der Waals surface area contributed by atoms with Crippen LogP contribution in [0.3, 0.4) is 0 Å². The highest BCUT2D eigenvalue weighted by Crippen LogP contribution is 2.20. The summed E-state index contributed by atoms with van der Waals surface area (Å²) in [4.78, 5) is 11.0. The lowest BCUT2D eigenvalue weighted by molar-refractivity contribution is -0.154. The summed E-state index contributed by atoms with van der Waals surface area (Å²) in [6, 6.07) is 11.8. The molecular weight excluding hydrogens is 546 g/mol. The second-order valence-corrected chi connectivity index (χ2v) is 7.72. The lowest BCUT2D eigenvalue weighted by atomic mass is 10.1. The van der Waals surface area contributed by atoms with Crippen LogP contribution in [0.15, 0.2) is 47.6 Å². The van der Waals surface area contributed by atoms with Crippen molar-refractivity contribution in [3.63, 3.8) is 0 Å². The average molecular weight is 577 g/mol. The van der Waals surface area contributed by atoms with Crippen molar-refractivity contribution in [3.05, 3.63) is 59.3 Å². The van der Waals surface area contributed by atoms with E-state index in [0.717, 1.165) is 12.1 Å². The van der Waals surface area contributed by atoms with Gasteiger partial charge in [0.25, 0.3) is 0 Å². The van der Waals surface area contributed by atoms with Crippen molar-refractivity contribution in [2.24, 2.45) is 4.99 Å². The predicted molar refractivity (Wildman–Crippen MR) is 134 cm³/mol. The van der Waals surface area contributed by atoms with Crippen molar-refractivity contribution in [1.82, 2.24) is 20.5 Å². The first-order valence-corrected chi connectivity index (χ1v) is 10.9. The van der Waals surface area contributed by atoms with Gasteiger partial charge in [0.15, 0.2) is 12.6 Å². The van der Waals surface area contributed by atoms with E-state index in [-0.39, 0.29) is 36.4 Å². The van der Waals surface area contributed by atoms with Gasteiger partial charge >= 0.3 is 6.18 Å². The Bertz CT molecular complexity index is 871. The molecule has 2 aromatic rings. The Labute approximate surface area is 210 Å². The standard InChI is InChI=1S/C23H30F3N5O.HI/c1-2-27-22(30-15-20-6-5-11-28-21(20)32-17-23(24,25)26)29-14-18-7-9-19(10-8-18)16-31-12-3-4-13-31;/h5-11H,2-4,12-17H2,1H3,(H2,27,29,30);1H. The minimum Gasteiger partial charge on any atom is -0.468 e. The molecule has 1 aromatic carbocycles. The summed E-state index contributed by atoms with van der Waals surface area (Å²) in [7, 11) is 0. The van der Waals surface area contributed by atoms with E-state index in [0.29, 0.717) is 24.6 Å². The summed E-state index contributed by atoms with van der Waals surface area (Å²) < 4.78 is 42.3. The molecular formula is C23H31F3IN5O. The fourth-order valence-corrected chi connectivity index (χ4v) is 3.48. The van der Waals surface area contributed by atoms with Gasteiger partial charge in [-0.1, -0.05) is 30.3 Å². The number of hydrogen-bond donors (Lipinski definition) is 2. The first-order chi connectivity index (χ1) is 15.4. The van der Waals surface area contributed by atoms with E-state index in [9.17, 15) is 13.2 Å². The van der Waals surface area contributed by atoms with Gasteiger partial charge in [-0.3, -0.25) is 4.90 Å². The van der Waals surface area contributed by atoms with Gasteiger partial charge in [0, 0.05) is 31.4 Å². The topological polar surface area (TPSA) is 61.8 Å². The molecule has 0 saturated carbocycles. The summed E-state index contributed by atoms with van der Waals surface area (Å²) in [6.45, 7) is 5.28. The molecule has 0 aliphatic carbocycles. The summed E-state index contributed by atoms with van der Waals surface area (Å²) in [5.41, 5.74) is 2.91. The Morgan fingerprint density at radius 2 is 1.79 bits per heavy atom. The molecule has 1 aromatic heterocycles. The van der Waals surface area contributed by atoms with Crippen LogP contribution in [0.4, 0.5) is 13.2 Å². The molecule has 2 N–H and O–H groups in total. The van der Waals surface area contributed by atoms with Gasteiger partial charge in [-0.2, -0.15) is 13.2 Å². The van der Waals surface area contributed by atoms with E-state index in [1.807, 2.05) is 6.92 Å². The summed E-state index contributed by atoms with van der Waals surface area (Å²) in [6.07, 6.45) is -0.450. The largest absolute Gasteiger partial charge is 0.468 e.